The average molecular weight is 259 g/mol. The maximum Gasteiger partial charge on any atom is 0.252 e. The molecular weight excluding hydrogens is 245 g/mol. The lowest BCUT2D eigenvalue weighted by Gasteiger charge is -2.08. The third-order valence-corrected chi connectivity index (χ3v) is 2.67. The number of nitrogens with one attached hydrogen (secondary N) is 1. The van der Waals surface area contributed by atoms with E-state index in [1.807, 2.05) is 6.07 Å². The lowest BCUT2D eigenvalue weighted by Crippen LogP contribution is -2.16. The summed E-state index contributed by atoms with van der Waals surface area (Å²) in [5.41, 5.74) is 6.48. The third-order valence-electron chi connectivity index (χ3n) is 2.67. The fourth-order valence-corrected chi connectivity index (χ4v) is 1.76. The molecule has 0 aliphatic heterocycles. The van der Waals surface area contributed by atoms with E-state index in [2.05, 4.69) is 10.3 Å². The van der Waals surface area contributed by atoms with Crippen LogP contribution in [0.25, 0.3) is 0 Å². The highest BCUT2D eigenvalue weighted by Crippen LogP contribution is 2.11. The van der Waals surface area contributed by atoms with E-state index in [0.717, 1.165) is 5.56 Å². The first-order valence-electron chi connectivity index (χ1n) is 5.90. The Labute approximate surface area is 110 Å². The zero-order valence-corrected chi connectivity index (χ0v) is 10.3. The zero-order valence-electron chi connectivity index (χ0n) is 10.3. The number of nitrogens with zero attached hydrogens (tertiary/aromatic N) is 1. The molecule has 0 aliphatic carbocycles. The SMILES string of the molecule is NC(=O)c1cccnc1NCCc1cccc(F)c1. The second kappa shape index (κ2) is 5.95. The Morgan fingerprint density at radius 1 is 1.32 bits per heavy atom. The average Bonchev–Trinajstić information content (AvgIpc) is 2.39. The molecule has 2 aromatic rings. The van der Waals surface area contributed by atoms with E-state index < -0.39 is 5.91 Å². The lowest BCUT2D eigenvalue weighted by molar-refractivity contribution is 0.100. The molecule has 1 aromatic heterocycles. The van der Waals surface area contributed by atoms with E-state index in [0.29, 0.717) is 24.3 Å². The van der Waals surface area contributed by atoms with E-state index in [4.69, 9.17) is 5.73 Å². The van der Waals surface area contributed by atoms with Crippen LogP contribution in [0.4, 0.5) is 10.2 Å². The van der Waals surface area contributed by atoms with Gasteiger partial charge in [0, 0.05) is 12.7 Å². The molecule has 0 spiro atoms. The first kappa shape index (κ1) is 13.0. The molecule has 0 fully saturated rings. The Morgan fingerprint density at radius 3 is 2.89 bits per heavy atom. The number of benzene rings is 1. The summed E-state index contributed by atoms with van der Waals surface area (Å²) in [6, 6.07) is 9.66. The van der Waals surface area contributed by atoms with Gasteiger partial charge in [0.25, 0.3) is 5.91 Å². The third kappa shape index (κ3) is 3.51. The topological polar surface area (TPSA) is 68.0 Å². The Hall–Kier alpha value is -2.43. The number of anilines is 1. The molecule has 0 bridgehead atoms. The first-order chi connectivity index (χ1) is 9.16. The predicted molar refractivity (Wildman–Crippen MR) is 71.3 cm³/mol. The van der Waals surface area contributed by atoms with Gasteiger partial charge in [-0.05, 0) is 36.2 Å². The van der Waals surface area contributed by atoms with Crippen LogP contribution in [0.3, 0.4) is 0 Å². The Bertz CT molecular complexity index is 586. The van der Waals surface area contributed by atoms with Crippen LogP contribution < -0.4 is 11.1 Å². The highest BCUT2D eigenvalue weighted by molar-refractivity contribution is 5.97. The van der Waals surface area contributed by atoms with Crippen LogP contribution in [0, 0.1) is 5.82 Å². The second-order valence-corrected chi connectivity index (χ2v) is 4.07. The number of hydrogen-bond acceptors (Lipinski definition) is 3. The van der Waals surface area contributed by atoms with Crippen molar-refractivity contribution in [3.05, 3.63) is 59.5 Å². The minimum Gasteiger partial charge on any atom is -0.369 e. The molecule has 1 heterocycles. The summed E-state index contributed by atoms with van der Waals surface area (Å²) in [6.45, 7) is 0.542. The van der Waals surface area contributed by atoms with Crippen LogP contribution in [0.5, 0.6) is 0 Å². The number of amides is 1. The van der Waals surface area contributed by atoms with Gasteiger partial charge in [-0.1, -0.05) is 12.1 Å². The molecule has 0 saturated carbocycles. The zero-order chi connectivity index (χ0) is 13.7. The fraction of sp³-hybridized carbons (Fsp3) is 0.143. The molecule has 5 heteroatoms. The highest BCUT2D eigenvalue weighted by Gasteiger charge is 2.07. The number of hydrogen-bond donors (Lipinski definition) is 2. The molecule has 0 atom stereocenters. The monoisotopic (exact) mass is 259 g/mol. The summed E-state index contributed by atoms with van der Waals surface area (Å²) < 4.78 is 13.0. The largest absolute Gasteiger partial charge is 0.369 e. The molecule has 0 saturated heterocycles. The number of nitrogens with two attached hydrogens (primary N) is 1. The van der Waals surface area contributed by atoms with Crippen molar-refractivity contribution in [3.8, 4) is 0 Å². The van der Waals surface area contributed by atoms with E-state index in [1.165, 1.54) is 12.1 Å². The van der Waals surface area contributed by atoms with Gasteiger partial charge in [-0.3, -0.25) is 4.79 Å². The number of rotatable bonds is 5. The van der Waals surface area contributed by atoms with Crippen molar-refractivity contribution in [2.24, 2.45) is 5.73 Å². The lowest BCUT2D eigenvalue weighted by atomic mass is 10.1. The van der Waals surface area contributed by atoms with E-state index in [-0.39, 0.29) is 5.82 Å². The minimum absolute atomic E-state index is 0.256. The Morgan fingerprint density at radius 2 is 2.16 bits per heavy atom. The fourth-order valence-electron chi connectivity index (χ4n) is 1.76. The van der Waals surface area contributed by atoms with Crippen molar-refractivity contribution in [2.45, 2.75) is 6.42 Å². The summed E-state index contributed by atoms with van der Waals surface area (Å²) >= 11 is 0. The Kier molecular flexibility index (Phi) is 4.07. The minimum atomic E-state index is -0.527. The summed E-state index contributed by atoms with van der Waals surface area (Å²) in [5.74, 6) is -0.332. The normalized spacial score (nSPS) is 10.2. The summed E-state index contributed by atoms with van der Waals surface area (Å²) in [5, 5.41) is 3.03. The standard InChI is InChI=1S/C14H14FN3O/c15-11-4-1-3-10(9-11)6-8-18-14-12(13(16)19)5-2-7-17-14/h1-5,7,9H,6,8H2,(H2,16,19)(H,17,18). The molecule has 3 N–H and O–H groups in total. The van der Waals surface area contributed by atoms with Crippen LogP contribution in [0.1, 0.15) is 15.9 Å². The molecule has 19 heavy (non-hydrogen) atoms. The second-order valence-electron chi connectivity index (χ2n) is 4.07. The van der Waals surface area contributed by atoms with Crippen molar-refractivity contribution >= 4 is 11.7 Å². The maximum absolute atomic E-state index is 13.0. The summed E-state index contributed by atoms with van der Waals surface area (Å²) in [6.07, 6.45) is 2.21. The van der Waals surface area contributed by atoms with Crippen LogP contribution in [-0.4, -0.2) is 17.4 Å². The van der Waals surface area contributed by atoms with Gasteiger partial charge >= 0.3 is 0 Å². The van der Waals surface area contributed by atoms with Crippen molar-refractivity contribution < 1.29 is 9.18 Å². The molecular formula is C14H14FN3O. The van der Waals surface area contributed by atoms with Gasteiger partial charge in [0.2, 0.25) is 0 Å². The smallest absolute Gasteiger partial charge is 0.252 e. The van der Waals surface area contributed by atoms with Gasteiger partial charge in [-0.25, -0.2) is 9.37 Å². The number of carbonyl (C=O) groups excluding carboxylic acids is 1. The number of aromatic nitrogens is 1. The van der Waals surface area contributed by atoms with Gasteiger partial charge in [0.05, 0.1) is 5.56 Å². The van der Waals surface area contributed by atoms with Crippen molar-refractivity contribution in [1.82, 2.24) is 4.98 Å². The molecule has 1 amide bonds. The molecule has 0 radical (unpaired) electrons. The molecule has 98 valence electrons. The molecule has 0 aliphatic rings. The van der Waals surface area contributed by atoms with Crippen LogP contribution >= 0.6 is 0 Å². The number of carbonyl (C=O) groups is 1. The van der Waals surface area contributed by atoms with Crippen molar-refractivity contribution in [2.75, 3.05) is 11.9 Å². The summed E-state index contributed by atoms with van der Waals surface area (Å²) in [4.78, 5) is 15.3. The highest BCUT2D eigenvalue weighted by atomic mass is 19.1. The number of pyridine rings is 1. The van der Waals surface area contributed by atoms with Crippen molar-refractivity contribution in [3.63, 3.8) is 0 Å². The van der Waals surface area contributed by atoms with Gasteiger partial charge in [0.1, 0.15) is 11.6 Å². The van der Waals surface area contributed by atoms with Gasteiger partial charge in [-0.2, -0.15) is 0 Å². The van der Waals surface area contributed by atoms with Crippen LogP contribution in [-0.2, 0) is 6.42 Å². The van der Waals surface area contributed by atoms with E-state index in [1.54, 1.807) is 24.4 Å². The first-order valence-corrected chi connectivity index (χ1v) is 5.90. The molecule has 1 aromatic carbocycles. The number of primary amides is 1. The Balaban J connectivity index is 1.98. The van der Waals surface area contributed by atoms with Gasteiger partial charge in [-0.15, -0.1) is 0 Å². The van der Waals surface area contributed by atoms with E-state index in [9.17, 15) is 9.18 Å². The summed E-state index contributed by atoms with van der Waals surface area (Å²) in [7, 11) is 0. The van der Waals surface area contributed by atoms with Gasteiger partial charge < -0.3 is 11.1 Å². The van der Waals surface area contributed by atoms with Crippen LogP contribution in [0.2, 0.25) is 0 Å². The quantitative estimate of drug-likeness (QED) is 0.862. The van der Waals surface area contributed by atoms with E-state index >= 15 is 0 Å². The number of halogens is 1. The van der Waals surface area contributed by atoms with Gasteiger partial charge in [0.15, 0.2) is 0 Å². The molecule has 4 nitrogen and oxygen atoms in total. The van der Waals surface area contributed by atoms with Crippen molar-refractivity contribution in [1.29, 1.82) is 0 Å². The maximum atomic E-state index is 13.0. The molecule has 0 unspecified atom stereocenters. The van der Waals surface area contributed by atoms with Crippen LogP contribution in [0.15, 0.2) is 42.6 Å². The predicted octanol–water partition coefficient (Wildman–Crippen LogP) is 1.97. The molecule has 2 rings (SSSR count).